The standard InChI is InChI=1S/C8H14N2O2/c1-8(2,3)6-7(12)9-4-5(11)10-6/h6H,4H2,1-3H3,(H,9,12)(H,10,11)/t6-/m1/s1. The van der Waals surface area contributed by atoms with Crippen LogP contribution in [0.2, 0.25) is 0 Å². The minimum Gasteiger partial charge on any atom is -0.345 e. The largest absolute Gasteiger partial charge is 0.345 e. The summed E-state index contributed by atoms with van der Waals surface area (Å²) in [6, 6.07) is -0.404. The molecule has 0 radical (unpaired) electrons. The Balaban J connectivity index is 2.74. The molecule has 2 N–H and O–H groups in total. The molecule has 12 heavy (non-hydrogen) atoms. The molecule has 0 aromatic rings. The predicted molar refractivity (Wildman–Crippen MR) is 44.4 cm³/mol. The molecule has 0 spiro atoms. The maximum atomic E-state index is 11.3. The van der Waals surface area contributed by atoms with E-state index < -0.39 is 6.04 Å². The summed E-state index contributed by atoms with van der Waals surface area (Å²) in [6.07, 6.45) is 0. The highest BCUT2D eigenvalue weighted by Crippen LogP contribution is 2.20. The number of hydrogen-bond donors (Lipinski definition) is 2. The topological polar surface area (TPSA) is 58.2 Å². The van der Waals surface area contributed by atoms with Gasteiger partial charge in [-0.1, -0.05) is 20.8 Å². The van der Waals surface area contributed by atoms with Crippen molar-refractivity contribution in [1.82, 2.24) is 10.6 Å². The highest BCUT2D eigenvalue weighted by molar-refractivity contribution is 5.95. The van der Waals surface area contributed by atoms with Gasteiger partial charge in [0.05, 0.1) is 6.54 Å². The summed E-state index contributed by atoms with van der Waals surface area (Å²) in [5.41, 5.74) is -0.222. The first kappa shape index (κ1) is 9.03. The molecule has 0 unspecified atom stereocenters. The van der Waals surface area contributed by atoms with Gasteiger partial charge in [0.25, 0.3) is 0 Å². The molecule has 2 amide bonds. The van der Waals surface area contributed by atoms with Crippen molar-refractivity contribution in [2.24, 2.45) is 5.41 Å². The lowest BCUT2D eigenvalue weighted by Crippen LogP contribution is -2.60. The van der Waals surface area contributed by atoms with Gasteiger partial charge >= 0.3 is 0 Å². The summed E-state index contributed by atoms with van der Waals surface area (Å²) in [6.45, 7) is 5.86. The van der Waals surface area contributed by atoms with Crippen LogP contribution in [0.1, 0.15) is 20.8 Å². The Morgan fingerprint density at radius 2 is 1.92 bits per heavy atom. The van der Waals surface area contributed by atoms with Crippen LogP contribution in [0.5, 0.6) is 0 Å². The number of hydrogen-bond acceptors (Lipinski definition) is 2. The van der Waals surface area contributed by atoms with Crippen molar-refractivity contribution in [3.05, 3.63) is 0 Å². The Bertz CT molecular complexity index is 218. The van der Waals surface area contributed by atoms with Crippen molar-refractivity contribution in [2.45, 2.75) is 26.8 Å². The van der Waals surface area contributed by atoms with Gasteiger partial charge in [-0.15, -0.1) is 0 Å². The van der Waals surface area contributed by atoms with Gasteiger partial charge in [-0.05, 0) is 5.41 Å². The molecule has 0 saturated carbocycles. The summed E-state index contributed by atoms with van der Waals surface area (Å²) in [5.74, 6) is -0.211. The second kappa shape index (κ2) is 2.77. The van der Waals surface area contributed by atoms with Gasteiger partial charge in [-0.2, -0.15) is 0 Å². The quantitative estimate of drug-likeness (QED) is 0.522. The van der Waals surface area contributed by atoms with E-state index in [0.717, 1.165) is 0 Å². The Kier molecular flexibility index (Phi) is 2.08. The molecule has 68 valence electrons. The Morgan fingerprint density at radius 3 is 2.33 bits per heavy atom. The molecule has 1 atom stereocenters. The summed E-state index contributed by atoms with van der Waals surface area (Å²) in [5, 5.41) is 5.19. The molecule has 1 saturated heterocycles. The van der Waals surface area contributed by atoms with Crippen molar-refractivity contribution in [3.63, 3.8) is 0 Å². The number of nitrogens with one attached hydrogen (secondary N) is 2. The van der Waals surface area contributed by atoms with E-state index in [9.17, 15) is 9.59 Å². The van der Waals surface area contributed by atoms with Gasteiger partial charge in [0.2, 0.25) is 11.8 Å². The Hall–Kier alpha value is -1.06. The van der Waals surface area contributed by atoms with Gasteiger partial charge in [0.1, 0.15) is 6.04 Å². The van der Waals surface area contributed by atoms with Crippen molar-refractivity contribution < 1.29 is 9.59 Å². The lowest BCUT2D eigenvalue weighted by molar-refractivity contribution is -0.136. The second-order valence-corrected chi connectivity index (χ2v) is 4.08. The maximum absolute atomic E-state index is 11.3. The van der Waals surface area contributed by atoms with E-state index in [1.165, 1.54) is 0 Å². The SMILES string of the molecule is CC(C)(C)[C@@H]1NC(=O)CNC1=O. The van der Waals surface area contributed by atoms with Crippen LogP contribution < -0.4 is 10.6 Å². The van der Waals surface area contributed by atoms with Gasteiger partial charge < -0.3 is 10.6 Å². The van der Waals surface area contributed by atoms with Crippen LogP contribution >= 0.6 is 0 Å². The Morgan fingerprint density at radius 1 is 1.33 bits per heavy atom. The van der Waals surface area contributed by atoms with Crippen molar-refractivity contribution in [1.29, 1.82) is 0 Å². The normalized spacial score (nSPS) is 24.8. The van der Waals surface area contributed by atoms with Crippen LogP contribution in [0.15, 0.2) is 0 Å². The van der Waals surface area contributed by atoms with Crippen LogP contribution in [-0.4, -0.2) is 24.4 Å². The fraction of sp³-hybridized carbons (Fsp3) is 0.750. The molecule has 1 heterocycles. The zero-order chi connectivity index (χ0) is 9.35. The van der Waals surface area contributed by atoms with Crippen LogP contribution in [0, 0.1) is 5.41 Å². The smallest absolute Gasteiger partial charge is 0.243 e. The van der Waals surface area contributed by atoms with Crippen LogP contribution in [0.25, 0.3) is 0 Å². The highest BCUT2D eigenvalue weighted by atomic mass is 16.2. The number of carbonyl (C=O) groups excluding carboxylic acids is 2. The van der Waals surface area contributed by atoms with Gasteiger partial charge in [0.15, 0.2) is 0 Å². The van der Waals surface area contributed by atoms with Crippen LogP contribution in [-0.2, 0) is 9.59 Å². The molecule has 0 aromatic carbocycles. The van der Waals surface area contributed by atoms with E-state index in [2.05, 4.69) is 10.6 Å². The van der Waals surface area contributed by atoms with Crippen LogP contribution in [0.4, 0.5) is 0 Å². The van der Waals surface area contributed by atoms with E-state index in [4.69, 9.17) is 0 Å². The maximum Gasteiger partial charge on any atom is 0.243 e. The summed E-state index contributed by atoms with van der Waals surface area (Å²) in [7, 11) is 0. The summed E-state index contributed by atoms with van der Waals surface area (Å²) in [4.78, 5) is 22.2. The van der Waals surface area contributed by atoms with Gasteiger partial charge in [-0.25, -0.2) is 0 Å². The van der Waals surface area contributed by atoms with E-state index in [1.807, 2.05) is 20.8 Å². The number of amides is 2. The molecular weight excluding hydrogens is 156 g/mol. The molecule has 1 aliphatic heterocycles. The minimum atomic E-state index is -0.404. The molecule has 0 aliphatic carbocycles. The van der Waals surface area contributed by atoms with Crippen LogP contribution in [0.3, 0.4) is 0 Å². The summed E-state index contributed by atoms with van der Waals surface area (Å²) >= 11 is 0. The lowest BCUT2D eigenvalue weighted by Gasteiger charge is -2.33. The molecule has 1 aliphatic rings. The van der Waals surface area contributed by atoms with E-state index in [-0.39, 0.29) is 23.8 Å². The fourth-order valence-corrected chi connectivity index (χ4v) is 1.16. The van der Waals surface area contributed by atoms with E-state index in [0.29, 0.717) is 0 Å². The minimum absolute atomic E-state index is 0.0953. The third-order valence-corrected chi connectivity index (χ3v) is 1.86. The Labute approximate surface area is 71.7 Å². The molecule has 1 fully saturated rings. The molecule has 1 rings (SSSR count). The average molecular weight is 170 g/mol. The molecular formula is C8H14N2O2. The van der Waals surface area contributed by atoms with Crippen molar-refractivity contribution in [3.8, 4) is 0 Å². The molecule has 0 aromatic heterocycles. The number of carbonyl (C=O) groups is 2. The van der Waals surface area contributed by atoms with Crippen molar-refractivity contribution in [2.75, 3.05) is 6.54 Å². The third-order valence-electron chi connectivity index (χ3n) is 1.86. The number of piperazine rings is 1. The summed E-state index contributed by atoms with van der Waals surface area (Å²) < 4.78 is 0. The van der Waals surface area contributed by atoms with E-state index >= 15 is 0 Å². The van der Waals surface area contributed by atoms with E-state index in [1.54, 1.807) is 0 Å². The predicted octanol–water partition coefficient (Wildman–Crippen LogP) is -0.353. The first-order valence-corrected chi connectivity index (χ1v) is 3.98. The monoisotopic (exact) mass is 170 g/mol. The highest BCUT2D eigenvalue weighted by Gasteiger charge is 2.35. The average Bonchev–Trinajstić information content (AvgIpc) is 1.92. The zero-order valence-corrected chi connectivity index (χ0v) is 7.60. The third kappa shape index (κ3) is 1.75. The zero-order valence-electron chi connectivity index (χ0n) is 7.60. The lowest BCUT2D eigenvalue weighted by atomic mass is 9.85. The first-order valence-electron chi connectivity index (χ1n) is 3.98. The molecule has 0 bridgehead atoms. The van der Waals surface area contributed by atoms with Crippen molar-refractivity contribution >= 4 is 11.8 Å². The first-order chi connectivity index (χ1) is 5.41. The van der Waals surface area contributed by atoms with Gasteiger partial charge in [-0.3, -0.25) is 9.59 Å². The fourth-order valence-electron chi connectivity index (χ4n) is 1.16. The molecule has 4 heteroatoms. The second-order valence-electron chi connectivity index (χ2n) is 4.08. The van der Waals surface area contributed by atoms with Gasteiger partial charge in [0, 0.05) is 0 Å². The molecule has 4 nitrogen and oxygen atoms in total. The number of rotatable bonds is 0.